The Kier molecular flexibility index (Phi) is 8.92. The highest BCUT2D eigenvalue weighted by Crippen LogP contribution is 2.33. The molecule has 8 nitrogen and oxygen atoms in total. The van der Waals surface area contributed by atoms with Crippen LogP contribution in [0.25, 0.3) is 10.9 Å². The lowest BCUT2D eigenvalue weighted by molar-refractivity contribution is 0.0316. The van der Waals surface area contributed by atoms with Gasteiger partial charge in [-0.1, -0.05) is 36.0 Å². The monoisotopic (exact) mass is 594 g/mol. The van der Waals surface area contributed by atoms with Crippen LogP contribution in [0, 0.1) is 11.6 Å². The van der Waals surface area contributed by atoms with E-state index < -0.39 is 29.1 Å². The Morgan fingerprint density at radius 3 is 2.45 bits per heavy atom. The van der Waals surface area contributed by atoms with E-state index in [1.165, 1.54) is 24.3 Å². The van der Waals surface area contributed by atoms with Gasteiger partial charge in [0.2, 0.25) is 5.43 Å². The van der Waals surface area contributed by atoms with Crippen LogP contribution >= 0.6 is 23.2 Å². The fraction of sp³-hybridized carbons (Fsp3) is 0.429. The number of aliphatic hydroxyl groups excluding tert-OH is 1. The summed E-state index contributed by atoms with van der Waals surface area (Å²) in [6.07, 6.45) is 4.66. The van der Waals surface area contributed by atoms with Crippen LogP contribution in [-0.2, 0) is 0 Å². The number of nitrogens with one attached hydrogen (secondary N) is 1. The van der Waals surface area contributed by atoms with E-state index in [1.807, 2.05) is 9.47 Å². The van der Waals surface area contributed by atoms with Gasteiger partial charge in [-0.05, 0) is 37.1 Å². The Morgan fingerprint density at radius 1 is 1.05 bits per heavy atom. The number of hydrogen-bond donors (Lipinski definition) is 2. The first kappa shape index (κ1) is 28.8. The minimum atomic E-state index is -0.805. The van der Waals surface area contributed by atoms with E-state index in [2.05, 4.69) is 5.43 Å². The first-order valence-corrected chi connectivity index (χ1v) is 14.0. The molecule has 2 N–H and O–H groups in total. The molecule has 5 rings (SSSR count). The first-order chi connectivity index (χ1) is 19.2. The van der Waals surface area contributed by atoms with Gasteiger partial charge in [0, 0.05) is 56.4 Å². The van der Waals surface area contributed by atoms with E-state index in [4.69, 9.17) is 27.9 Å². The highest BCUT2D eigenvalue weighted by atomic mass is 35.5. The van der Waals surface area contributed by atoms with Gasteiger partial charge in [-0.2, -0.15) is 0 Å². The molecule has 1 aromatic heterocycles. The third-order valence-electron chi connectivity index (χ3n) is 7.47. The molecule has 0 unspecified atom stereocenters. The number of aliphatic hydroxyl groups is 1. The van der Waals surface area contributed by atoms with Gasteiger partial charge in [-0.3, -0.25) is 19.9 Å². The normalized spacial score (nSPS) is 17.8. The van der Waals surface area contributed by atoms with Gasteiger partial charge >= 0.3 is 0 Å². The number of benzene rings is 2. The summed E-state index contributed by atoms with van der Waals surface area (Å²) >= 11 is 11.7. The van der Waals surface area contributed by atoms with E-state index in [1.54, 1.807) is 11.2 Å². The number of halogens is 4. The van der Waals surface area contributed by atoms with Crippen molar-refractivity contribution in [3.05, 3.63) is 74.0 Å². The number of aromatic nitrogens is 1. The number of piperazine rings is 1. The van der Waals surface area contributed by atoms with Gasteiger partial charge < -0.3 is 14.4 Å². The predicted molar refractivity (Wildman–Crippen MR) is 149 cm³/mol. The molecule has 0 spiro atoms. The summed E-state index contributed by atoms with van der Waals surface area (Å²) in [5.74, 6) is -1.57. The summed E-state index contributed by atoms with van der Waals surface area (Å²) in [5, 5.41) is 12.2. The van der Waals surface area contributed by atoms with Crippen LogP contribution < -0.4 is 15.6 Å². The second-order valence-corrected chi connectivity index (χ2v) is 11.1. The number of rotatable bonds is 8. The van der Waals surface area contributed by atoms with Crippen molar-refractivity contribution in [2.75, 3.05) is 39.3 Å². The quantitative estimate of drug-likeness (QED) is 0.402. The van der Waals surface area contributed by atoms with Crippen LogP contribution in [0.5, 0.6) is 5.75 Å². The molecular weight excluding hydrogens is 565 g/mol. The fourth-order valence-electron chi connectivity index (χ4n) is 5.35. The minimum absolute atomic E-state index is 0.00299. The molecule has 1 aliphatic heterocycles. The maximum absolute atomic E-state index is 14.3. The number of β-amino-alcohol motifs (C(OH)–C–C–N with tert-alkyl or cyclic N) is 1. The summed E-state index contributed by atoms with van der Waals surface area (Å²) in [6, 6.07) is 6.76. The Hall–Kier alpha value is -2.76. The molecule has 3 aromatic rings. The molecule has 2 fully saturated rings. The van der Waals surface area contributed by atoms with Gasteiger partial charge in [0.05, 0.1) is 15.6 Å². The minimum Gasteiger partial charge on any atom is -0.491 e. The molecule has 2 heterocycles. The molecule has 2 aliphatic rings. The molecule has 2 aromatic carbocycles. The zero-order valence-electron chi connectivity index (χ0n) is 21.7. The number of fused-ring (bicyclic) bond motifs is 1. The van der Waals surface area contributed by atoms with Crippen molar-refractivity contribution < 1.29 is 23.4 Å². The van der Waals surface area contributed by atoms with Gasteiger partial charge in [0.25, 0.3) is 5.91 Å². The zero-order valence-corrected chi connectivity index (χ0v) is 23.2. The maximum atomic E-state index is 14.3. The molecule has 40 heavy (non-hydrogen) atoms. The van der Waals surface area contributed by atoms with E-state index in [9.17, 15) is 23.5 Å². The van der Waals surface area contributed by atoms with Gasteiger partial charge in [0.1, 0.15) is 35.7 Å². The van der Waals surface area contributed by atoms with Crippen LogP contribution in [0.15, 0.2) is 41.3 Å². The summed E-state index contributed by atoms with van der Waals surface area (Å²) < 4.78 is 35.2. The highest BCUT2D eigenvalue weighted by molar-refractivity contribution is 6.31. The van der Waals surface area contributed by atoms with Gasteiger partial charge in [-0.25, -0.2) is 13.8 Å². The molecular formula is C28H30Cl2F2N4O4. The van der Waals surface area contributed by atoms with Crippen molar-refractivity contribution in [3.63, 3.8) is 0 Å². The zero-order chi connectivity index (χ0) is 28.4. The number of carbonyl (C=O) groups is 1. The Morgan fingerprint density at radius 2 is 1.75 bits per heavy atom. The van der Waals surface area contributed by atoms with Crippen molar-refractivity contribution in [2.45, 2.75) is 37.8 Å². The van der Waals surface area contributed by atoms with Crippen molar-refractivity contribution in [3.8, 4) is 5.75 Å². The first-order valence-electron chi connectivity index (χ1n) is 13.3. The van der Waals surface area contributed by atoms with Crippen LogP contribution in [0.3, 0.4) is 0 Å². The molecule has 1 amide bonds. The van der Waals surface area contributed by atoms with Crippen molar-refractivity contribution in [1.82, 2.24) is 19.9 Å². The fourth-order valence-corrected chi connectivity index (χ4v) is 5.62. The highest BCUT2D eigenvalue weighted by Gasteiger charge is 2.26. The molecule has 0 bridgehead atoms. The largest absolute Gasteiger partial charge is 0.491 e. The van der Waals surface area contributed by atoms with E-state index >= 15 is 0 Å². The van der Waals surface area contributed by atoms with E-state index in [-0.39, 0.29) is 39.4 Å². The van der Waals surface area contributed by atoms with Crippen LogP contribution in [0.1, 0.15) is 42.1 Å². The second kappa shape index (κ2) is 12.4. The number of pyridine rings is 1. The Bertz CT molecular complexity index is 1460. The summed E-state index contributed by atoms with van der Waals surface area (Å²) in [6.45, 7) is 2.37. The van der Waals surface area contributed by atoms with Crippen LogP contribution in [0.4, 0.5) is 8.78 Å². The maximum Gasteiger partial charge on any atom is 0.271 e. The summed E-state index contributed by atoms with van der Waals surface area (Å²) in [7, 11) is 0. The molecule has 214 valence electrons. The molecule has 0 radical (unpaired) electrons. The second-order valence-electron chi connectivity index (χ2n) is 10.3. The number of nitrogens with zero attached hydrogens (tertiary/aromatic N) is 3. The number of hydrazine groups is 1. The van der Waals surface area contributed by atoms with E-state index in [0.29, 0.717) is 38.2 Å². The third kappa shape index (κ3) is 6.42. The lowest BCUT2D eigenvalue weighted by Gasteiger charge is -2.35. The average Bonchev–Trinajstić information content (AvgIpc) is 3.47. The SMILES string of the molecule is O=C(NN1CCN(C[C@@H](O)COc2ccc(Cl)c(F)c2)CC1)c1cn(C2CCCC2)c2cc(Cl)c(F)cc2c1=O. The van der Waals surface area contributed by atoms with Gasteiger partial charge in [0.15, 0.2) is 0 Å². The molecule has 1 saturated carbocycles. The standard InChI is InChI=1S/C28H30Cl2F2N4O4/c29-22-6-5-19(11-24(22)31)40-16-18(37)14-34-7-9-35(10-8-34)33-28(39)21-15-36(17-3-1-2-4-17)26-13-23(30)25(32)12-20(26)27(21)38/h5-6,11-13,15,17-18,37H,1-4,7-10,14,16H2,(H,33,39)/t18-/m1/s1. The Labute approximate surface area is 240 Å². The summed E-state index contributed by atoms with van der Waals surface area (Å²) in [5.41, 5.74) is 2.75. The average molecular weight is 595 g/mol. The molecule has 1 atom stereocenters. The Balaban J connectivity index is 1.20. The molecule has 1 aliphatic carbocycles. The smallest absolute Gasteiger partial charge is 0.271 e. The number of hydrogen-bond acceptors (Lipinski definition) is 6. The topological polar surface area (TPSA) is 87.0 Å². The molecule has 12 heteroatoms. The lowest BCUT2D eigenvalue weighted by Crippen LogP contribution is -2.55. The lowest BCUT2D eigenvalue weighted by atomic mass is 10.1. The van der Waals surface area contributed by atoms with Gasteiger partial charge in [-0.15, -0.1) is 0 Å². The number of carbonyl (C=O) groups excluding carboxylic acids is 1. The third-order valence-corrected chi connectivity index (χ3v) is 8.07. The van der Waals surface area contributed by atoms with E-state index in [0.717, 1.165) is 31.7 Å². The summed E-state index contributed by atoms with van der Waals surface area (Å²) in [4.78, 5) is 28.5. The van der Waals surface area contributed by atoms with Crippen molar-refractivity contribution in [1.29, 1.82) is 0 Å². The van der Waals surface area contributed by atoms with Crippen LogP contribution in [0.2, 0.25) is 10.0 Å². The van der Waals surface area contributed by atoms with Crippen molar-refractivity contribution >= 4 is 40.0 Å². The molecule has 1 saturated heterocycles. The predicted octanol–water partition coefficient (Wildman–Crippen LogP) is 4.40. The number of amides is 1. The number of ether oxygens (including phenoxy) is 1. The van der Waals surface area contributed by atoms with Crippen LogP contribution in [-0.4, -0.2) is 70.9 Å². The van der Waals surface area contributed by atoms with Crippen molar-refractivity contribution in [2.24, 2.45) is 0 Å².